The number of fused-ring (bicyclic) bond motifs is 4. The van der Waals surface area contributed by atoms with E-state index in [9.17, 15) is 31.2 Å². The zero-order valence-electron chi connectivity index (χ0n) is 14.7. The summed E-state index contributed by atoms with van der Waals surface area (Å²) in [6, 6.07) is 2.73. The molecule has 3 N–H and O–H groups in total. The highest BCUT2D eigenvalue weighted by Gasteiger charge is 2.53. The molecule has 0 saturated carbocycles. The lowest BCUT2D eigenvalue weighted by atomic mass is 9.97. The molecule has 2 atom stereocenters. The first-order valence-corrected chi connectivity index (χ1v) is 10.4. The van der Waals surface area contributed by atoms with Gasteiger partial charge in [-0.3, -0.25) is 9.35 Å². The van der Waals surface area contributed by atoms with E-state index in [1.165, 1.54) is 24.3 Å². The van der Waals surface area contributed by atoms with Gasteiger partial charge in [-0.15, -0.1) is 15.6 Å². The van der Waals surface area contributed by atoms with Crippen LogP contribution in [-0.4, -0.2) is 41.4 Å². The van der Waals surface area contributed by atoms with Crippen LogP contribution in [-0.2, 0) is 25.7 Å². The van der Waals surface area contributed by atoms with Crippen molar-refractivity contribution < 1.29 is 40.0 Å². The molecule has 0 aliphatic carbocycles. The highest BCUT2D eigenvalue weighted by atomic mass is 32.3. The zero-order valence-corrected chi connectivity index (χ0v) is 16.3. The number of hydrogen-bond acceptors (Lipinski definition) is 6. The minimum atomic E-state index is -5.07. The monoisotopic (exact) mass is 463 g/mol. The van der Waals surface area contributed by atoms with Crippen molar-refractivity contribution in [1.29, 1.82) is 0 Å². The van der Waals surface area contributed by atoms with Crippen molar-refractivity contribution in [3.8, 4) is 10.4 Å². The predicted octanol–water partition coefficient (Wildman–Crippen LogP) is 2.49. The van der Waals surface area contributed by atoms with E-state index in [1.807, 2.05) is 0 Å². The summed E-state index contributed by atoms with van der Waals surface area (Å²) in [5.74, 6) is -0.950. The first-order valence-electron chi connectivity index (χ1n) is 8.25. The maximum atomic E-state index is 13.4. The Morgan fingerprint density at radius 3 is 2.57 bits per heavy atom. The van der Waals surface area contributed by atoms with Gasteiger partial charge in [0, 0.05) is 15.3 Å². The summed E-state index contributed by atoms with van der Waals surface area (Å²) in [7, 11) is -5.07. The third kappa shape index (κ3) is 3.30. The fraction of sp³-hybridized carbons (Fsp3) is 0.250. The molecule has 0 radical (unpaired) electrons. The van der Waals surface area contributed by atoms with E-state index in [-0.39, 0.29) is 27.4 Å². The fourth-order valence-electron chi connectivity index (χ4n) is 3.62. The average molecular weight is 463 g/mol. The van der Waals surface area contributed by atoms with Crippen LogP contribution in [0, 0.1) is 0 Å². The van der Waals surface area contributed by atoms with Crippen LogP contribution in [0.4, 0.5) is 18.0 Å². The van der Waals surface area contributed by atoms with Gasteiger partial charge in [0.2, 0.25) is 5.91 Å². The second kappa shape index (κ2) is 6.66. The number of carbonyl (C=O) groups excluding carboxylic acids is 2. The minimum Gasteiger partial charge on any atom is -0.368 e. The van der Waals surface area contributed by atoms with Gasteiger partial charge in [-0.05, 0) is 17.7 Å². The van der Waals surface area contributed by atoms with Crippen LogP contribution in [0.3, 0.4) is 0 Å². The quantitative estimate of drug-likeness (QED) is 0.670. The Morgan fingerprint density at radius 2 is 1.97 bits per heavy atom. The molecule has 2 bridgehead atoms. The maximum absolute atomic E-state index is 13.4. The van der Waals surface area contributed by atoms with Gasteiger partial charge in [-0.25, -0.2) is 4.79 Å². The van der Waals surface area contributed by atoms with Crippen molar-refractivity contribution in [3.63, 3.8) is 0 Å². The first kappa shape index (κ1) is 20.6. The maximum Gasteiger partial charge on any atom is 0.418 e. The number of primary amides is 1. The second-order valence-corrected chi connectivity index (χ2v) is 8.65. The lowest BCUT2D eigenvalue weighted by Gasteiger charge is -2.27. The molecule has 2 unspecified atom stereocenters. The van der Waals surface area contributed by atoms with Crippen LogP contribution in [0.15, 0.2) is 30.3 Å². The largest absolute Gasteiger partial charge is 0.418 e. The molecule has 4 rings (SSSR count). The fourth-order valence-corrected chi connectivity index (χ4v) is 5.37. The van der Waals surface area contributed by atoms with Gasteiger partial charge in [0.15, 0.2) is 0 Å². The predicted molar refractivity (Wildman–Crippen MR) is 96.0 cm³/mol. The number of nitrogens with zero attached hydrogens (tertiary/aromatic N) is 2. The van der Waals surface area contributed by atoms with Crippen LogP contribution >= 0.6 is 11.3 Å². The second-order valence-electron chi connectivity index (χ2n) is 6.56. The number of carbonyl (C=O) groups is 2. The molecule has 2 aliphatic rings. The zero-order chi connectivity index (χ0) is 22.0. The average Bonchev–Trinajstić information content (AvgIpc) is 3.17. The third-order valence-corrected chi connectivity index (χ3v) is 6.32. The molecule has 1 aromatic heterocycles. The molecule has 9 nitrogen and oxygen atoms in total. The van der Waals surface area contributed by atoms with Crippen molar-refractivity contribution >= 4 is 33.7 Å². The number of nitrogens with two attached hydrogens (primary N) is 1. The van der Waals surface area contributed by atoms with Gasteiger partial charge in [0.1, 0.15) is 12.1 Å². The molecule has 3 amide bonds. The third-order valence-electron chi connectivity index (χ3n) is 4.74. The Labute approximate surface area is 171 Å². The van der Waals surface area contributed by atoms with E-state index in [2.05, 4.69) is 4.28 Å². The van der Waals surface area contributed by atoms with Crippen molar-refractivity contribution in [2.24, 2.45) is 5.73 Å². The smallest absolute Gasteiger partial charge is 0.368 e. The van der Waals surface area contributed by atoms with E-state index in [4.69, 9.17) is 10.3 Å². The summed E-state index contributed by atoms with van der Waals surface area (Å²) in [6.45, 7) is -0.202. The Bertz CT molecular complexity index is 1160. The van der Waals surface area contributed by atoms with E-state index < -0.39 is 46.2 Å². The van der Waals surface area contributed by atoms with E-state index in [0.717, 1.165) is 22.3 Å². The Kier molecular flexibility index (Phi) is 4.57. The number of halogens is 3. The van der Waals surface area contributed by atoms with Crippen LogP contribution in [0.25, 0.3) is 10.4 Å². The first-order chi connectivity index (χ1) is 13.9. The molecule has 30 heavy (non-hydrogen) atoms. The summed E-state index contributed by atoms with van der Waals surface area (Å²) in [5.41, 5.74) is 4.58. The van der Waals surface area contributed by atoms with Crippen molar-refractivity contribution in [2.75, 3.05) is 6.54 Å². The number of alkyl halides is 3. The molecule has 1 aromatic carbocycles. The van der Waals surface area contributed by atoms with Gasteiger partial charge in [-0.2, -0.15) is 26.7 Å². The van der Waals surface area contributed by atoms with Crippen molar-refractivity contribution in [2.45, 2.75) is 18.3 Å². The lowest BCUT2D eigenvalue weighted by molar-refractivity contribution is -0.137. The molecule has 0 spiro atoms. The highest BCUT2D eigenvalue weighted by Crippen LogP contribution is 2.50. The summed E-state index contributed by atoms with van der Waals surface area (Å²) in [6.07, 6.45) is -4.64. The van der Waals surface area contributed by atoms with E-state index in [1.54, 1.807) is 0 Å². The minimum absolute atomic E-state index is 0.146. The van der Waals surface area contributed by atoms with Crippen LogP contribution in [0.2, 0.25) is 0 Å². The van der Waals surface area contributed by atoms with Crippen molar-refractivity contribution in [1.82, 2.24) is 9.96 Å². The molecule has 1 fully saturated rings. The molecular formula is C16H12F3N3O6S2. The Morgan fingerprint density at radius 1 is 1.30 bits per heavy atom. The number of benzene rings is 1. The molecule has 2 aromatic rings. The normalized spacial score (nSPS) is 21.1. The standard InChI is InChI=1S/C16H12F3N3O6S2/c17-16(18,19)9-4-2-1-3-7(9)11-5-8-10-6-21(12(14(20)23)13(8)29-11)15(24)22(10)28-30(25,26)27/h1-5,10,12H,6H2,(H2,20,23)(H,25,26,27). The summed E-state index contributed by atoms with van der Waals surface area (Å²) >= 11 is 0.836. The van der Waals surface area contributed by atoms with Crippen LogP contribution < -0.4 is 5.73 Å². The highest BCUT2D eigenvalue weighted by molar-refractivity contribution is 7.80. The molecular weight excluding hydrogens is 451 g/mol. The van der Waals surface area contributed by atoms with Gasteiger partial charge in [-0.1, -0.05) is 18.2 Å². The van der Waals surface area contributed by atoms with Gasteiger partial charge in [0.05, 0.1) is 12.1 Å². The van der Waals surface area contributed by atoms with Crippen LogP contribution in [0.5, 0.6) is 0 Å². The SMILES string of the molecule is NC(=O)C1c2sc(-c3ccccc3C(F)(F)F)cc2C2CN1C(=O)N2OS(=O)(=O)O. The number of amides is 3. The molecule has 2 aliphatic heterocycles. The molecule has 3 heterocycles. The number of thiophene rings is 1. The number of hydroxylamine groups is 2. The van der Waals surface area contributed by atoms with Gasteiger partial charge in [0.25, 0.3) is 0 Å². The summed E-state index contributed by atoms with van der Waals surface area (Å²) in [5, 5.41) is 0.364. The van der Waals surface area contributed by atoms with Crippen LogP contribution in [0.1, 0.15) is 28.1 Å². The van der Waals surface area contributed by atoms with Gasteiger partial charge >= 0.3 is 22.6 Å². The summed E-state index contributed by atoms with van der Waals surface area (Å²) in [4.78, 5) is 25.8. The lowest BCUT2D eigenvalue weighted by Crippen LogP contribution is -2.41. The Hall–Kier alpha value is -2.68. The van der Waals surface area contributed by atoms with E-state index >= 15 is 0 Å². The number of rotatable bonds is 4. The van der Waals surface area contributed by atoms with Crippen molar-refractivity contribution in [3.05, 3.63) is 46.3 Å². The summed E-state index contributed by atoms with van der Waals surface area (Å²) < 4.78 is 75.9. The van der Waals surface area contributed by atoms with E-state index in [0.29, 0.717) is 5.06 Å². The van der Waals surface area contributed by atoms with Gasteiger partial charge < -0.3 is 10.6 Å². The molecule has 160 valence electrons. The molecule has 14 heteroatoms. The number of hydrogen-bond donors (Lipinski definition) is 2. The number of urea groups is 1. The topological polar surface area (TPSA) is 130 Å². The molecule has 1 saturated heterocycles. The Balaban J connectivity index is 1.87.